The van der Waals surface area contributed by atoms with Gasteiger partial charge in [-0.25, -0.2) is 9.97 Å². The van der Waals surface area contributed by atoms with E-state index in [-0.39, 0.29) is 5.52 Å². The molecular weight excluding hydrogens is 445 g/mol. The number of nitrogens with one attached hydrogen (secondary N) is 2. The summed E-state index contributed by atoms with van der Waals surface area (Å²) >= 11 is 0. The first-order chi connectivity index (χ1) is 15.1. The predicted octanol–water partition coefficient (Wildman–Crippen LogP) is 4.88. The highest BCUT2D eigenvalue weighted by molar-refractivity contribution is 7.88. The van der Waals surface area contributed by atoms with E-state index in [1.807, 2.05) is 24.3 Å². The van der Waals surface area contributed by atoms with Gasteiger partial charge in [-0.2, -0.15) is 21.6 Å². The summed E-state index contributed by atoms with van der Waals surface area (Å²) in [6, 6.07) is 11.4. The van der Waals surface area contributed by atoms with Gasteiger partial charge in [0.2, 0.25) is 0 Å². The number of hydrogen-bond donors (Lipinski definition) is 2. The van der Waals surface area contributed by atoms with Crippen molar-refractivity contribution in [2.75, 3.05) is 0 Å². The number of alkyl halides is 3. The Kier molecular flexibility index (Phi) is 4.45. The largest absolute Gasteiger partial charge is 0.534 e. The Hall–Kier alpha value is -3.86. The first-order valence-corrected chi connectivity index (χ1v) is 10.6. The summed E-state index contributed by atoms with van der Waals surface area (Å²) in [5, 5.41) is 0. The fourth-order valence-corrected chi connectivity index (χ4v) is 3.69. The second kappa shape index (κ2) is 7.09. The average molecular weight is 458 g/mol. The molecule has 0 aliphatic carbocycles. The van der Waals surface area contributed by atoms with E-state index in [2.05, 4.69) is 24.1 Å². The van der Waals surface area contributed by atoms with Gasteiger partial charge in [0.25, 0.3) is 0 Å². The molecule has 2 aliphatic rings. The Bertz CT molecular complexity index is 1560. The lowest BCUT2D eigenvalue weighted by molar-refractivity contribution is -0.0499. The number of nitrogens with zero attached hydrogens (tertiary/aromatic N) is 2. The van der Waals surface area contributed by atoms with Gasteiger partial charge in [-0.3, -0.25) is 0 Å². The number of aromatic nitrogens is 4. The molecule has 3 aromatic heterocycles. The molecule has 7 nitrogen and oxygen atoms in total. The van der Waals surface area contributed by atoms with E-state index in [0.29, 0.717) is 28.1 Å². The van der Waals surface area contributed by atoms with Gasteiger partial charge in [-0.05, 0) is 60.7 Å². The summed E-state index contributed by atoms with van der Waals surface area (Å²) < 4.78 is 66.1. The molecule has 0 spiro atoms. The first kappa shape index (κ1) is 20.1. The van der Waals surface area contributed by atoms with E-state index >= 15 is 0 Å². The molecule has 0 saturated carbocycles. The zero-order chi connectivity index (χ0) is 22.5. The van der Waals surface area contributed by atoms with Crippen LogP contribution in [0.5, 0.6) is 5.75 Å². The number of halogens is 3. The van der Waals surface area contributed by atoms with Crippen LogP contribution in [0.2, 0.25) is 0 Å². The van der Waals surface area contributed by atoms with Crippen molar-refractivity contribution < 1.29 is 25.8 Å². The van der Waals surface area contributed by atoms with Crippen molar-refractivity contribution in [3.63, 3.8) is 0 Å². The Morgan fingerprint density at radius 3 is 1.91 bits per heavy atom. The molecule has 2 N–H and O–H groups in total. The minimum atomic E-state index is -5.85. The minimum absolute atomic E-state index is 0.0212. The third kappa shape index (κ3) is 3.89. The highest BCUT2D eigenvalue weighted by Gasteiger charge is 2.48. The Labute approximate surface area is 179 Å². The summed E-state index contributed by atoms with van der Waals surface area (Å²) in [7, 11) is -5.85. The third-order valence-electron chi connectivity index (χ3n) is 4.61. The second-order valence-corrected chi connectivity index (χ2v) is 8.56. The lowest BCUT2D eigenvalue weighted by Crippen LogP contribution is -2.27. The monoisotopic (exact) mass is 458 g/mol. The van der Waals surface area contributed by atoms with Crippen LogP contribution in [0.4, 0.5) is 13.2 Å². The standard InChI is InChI=1S/C21H13F3N4O3S/c22-21(23,24)32(29,30)31-20-11-18-9-16-4-3-14(26-16)7-12-1-2-13(25-12)8-15-5-6-17(27-15)10-19(20)28-18/h1-11,26,28H. The van der Waals surface area contributed by atoms with Crippen LogP contribution in [-0.2, 0) is 10.1 Å². The zero-order valence-electron chi connectivity index (χ0n) is 16.0. The third-order valence-corrected chi connectivity index (χ3v) is 5.58. The topological polar surface area (TPSA) is 101 Å². The fourth-order valence-electron chi connectivity index (χ4n) is 3.23. The summed E-state index contributed by atoms with van der Waals surface area (Å²) in [6.45, 7) is 0. The summed E-state index contributed by atoms with van der Waals surface area (Å²) in [6.07, 6.45) is 7.05. The van der Waals surface area contributed by atoms with Crippen LogP contribution in [0.3, 0.4) is 0 Å². The van der Waals surface area contributed by atoms with E-state index in [9.17, 15) is 21.6 Å². The van der Waals surface area contributed by atoms with Crippen LogP contribution < -0.4 is 4.18 Å². The maximum Gasteiger partial charge on any atom is 0.534 e. The van der Waals surface area contributed by atoms with Crippen LogP contribution in [0.1, 0.15) is 22.8 Å². The molecule has 3 aromatic rings. The number of hydrogen-bond acceptors (Lipinski definition) is 5. The number of aromatic amines is 2. The van der Waals surface area contributed by atoms with E-state index in [0.717, 1.165) is 11.2 Å². The summed E-state index contributed by atoms with van der Waals surface area (Å²) in [5.74, 6) is -0.494. The van der Waals surface area contributed by atoms with Gasteiger partial charge in [0.05, 0.1) is 28.3 Å². The van der Waals surface area contributed by atoms with Crippen molar-refractivity contribution in [2.24, 2.45) is 0 Å². The molecule has 5 heterocycles. The van der Waals surface area contributed by atoms with Crippen molar-refractivity contribution in [3.8, 4) is 5.75 Å². The van der Waals surface area contributed by atoms with Gasteiger partial charge < -0.3 is 14.2 Å². The smallest absolute Gasteiger partial charge is 0.374 e. The van der Waals surface area contributed by atoms with E-state index in [1.54, 1.807) is 30.4 Å². The van der Waals surface area contributed by atoms with Gasteiger partial charge in [0.15, 0.2) is 5.75 Å². The van der Waals surface area contributed by atoms with Crippen molar-refractivity contribution in [3.05, 3.63) is 65.2 Å². The van der Waals surface area contributed by atoms with E-state index in [4.69, 9.17) is 0 Å². The molecule has 0 fully saturated rings. The molecule has 2 aliphatic heterocycles. The van der Waals surface area contributed by atoms with Crippen LogP contribution in [0, 0.1) is 0 Å². The van der Waals surface area contributed by atoms with Gasteiger partial charge in [-0.15, -0.1) is 0 Å². The summed E-state index contributed by atoms with van der Waals surface area (Å²) in [4.78, 5) is 14.9. The molecule has 32 heavy (non-hydrogen) atoms. The molecule has 0 atom stereocenters. The minimum Gasteiger partial charge on any atom is -0.374 e. The molecule has 162 valence electrons. The molecule has 5 rings (SSSR count). The van der Waals surface area contributed by atoms with Crippen molar-refractivity contribution in [1.82, 2.24) is 19.9 Å². The van der Waals surface area contributed by atoms with Gasteiger partial charge >= 0.3 is 15.6 Å². The molecule has 11 heteroatoms. The molecule has 0 aromatic carbocycles. The number of rotatable bonds is 2. The van der Waals surface area contributed by atoms with E-state index < -0.39 is 21.4 Å². The lowest BCUT2D eigenvalue weighted by Gasteiger charge is -2.07. The van der Waals surface area contributed by atoms with Gasteiger partial charge in [0.1, 0.15) is 0 Å². The van der Waals surface area contributed by atoms with Gasteiger partial charge in [0, 0.05) is 22.6 Å². The molecular formula is C21H13F3N4O3S. The van der Waals surface area contributed by atoms with Crippen LogP contribution in [0.15, 0.2) is 42.5 Å². The van der Waals surface area contributed by atoms with Crippen LogP contribution in [0.25, 0.3) is 46.4 Å². The molecule has 8 bridgehead atoms. The zero-order valence-corrected chi connectivity index (χ0v) is 16.8. The quantitative estimate of drug-likeness (QED) is 0.290. The maximum absolute atomic E-state index is 12.9. The van der Waals surface area contributed by atoms with Crippen molar-refractivity contribution >= 4 is 56.5 Å². The Morgan fingerprint density at radius 2 is 1.28 bits per heavy atom. The average Bonchev–Trinajstić information content (AvgIpc) is 3.46. The second-order valence-electron chi connectivity index (χ2n) is 7.02. The van der Waals surface area contributed by atoms with Crippen molar-refractivity contribution in [1.29, 1.82) is 0 Å². The van der Waals surface area contributed by atoms with E-state index in [1.165, 1.54) is 12.1 Å². The summed E-state index contributed by atoms with van der Waals surface area (Å²) in [5.41, 5.74) is -1.41. The first-order valence-electron chi connectivity index (χ1n) is 9.24. The molecule has 0 radical (unpaired) electrons. The maximum atomic E-state index is 12.9. The highest BCUT2D eigenvalue weighted by Crippen LogP contribution is 2.31. The molecule has 0 amide bonds. The van der Waals surface area contributed by atoms with Crippen LogP contribution >= 0.6 is 0 Å². The lowest BCUT2D eigenvalue weighted by atomic mass is 10.3. The Balaban J connectivity index is 1.78. The van der Waals surface area contributed by atoms with Crippen molar-refractivity contribution in [2.45, 2.75) is 5.51 Å². The van der Waals surface area contributed by atoms with Gasteiger partial charge in [-0.1, -0.05) is 0 Å². The fraction of sp³-hybridized carbons (Fsp3) is 0.0476. The highest BCUT2D eigenvalue weighted by atomic mass is 32.2. The van der Waals surface area contributed by atoms with Crippen LogP contribution in [-0.4, -0.2) is 33.9 Å². The predicted molar refractivity (Wildman–Crippen MR) is 114 cm³/mol. The number of H-pyrrole nitrogens is 2. The Morgan fingerprint density at radius 1 is 0.719 bits per heavy atom. The number of fused-ring (bicyclic) bond motifs is 8. The molecule has 0 unspecified atom stereocenters. The SMILES string of the molecule is O=S(=O)(Oc1cc2cc3ccc(cc4nc(cc5nc(cc1[nH]2)C=C5)C=C4)[nH]3)C(F)(F)F. The normalized spacial score (nSPS) is 13.5. The molecule has 0 saturated heterocycles.